The summed E-state index contributed by atoms with van der Waals surface area (Å²) in [4.78, 5) is 24.0. The zero-order valence-corrected chi connectivity index (χ0v) is 8.67. The Kier molecular flexibility index (Phi) is 3.78. The molecule has 1 amide bonds. The highest BCUT2D eigenvalue weighted by molar-refractivity contribution is 7.80. The van der Waals surface area contributed by atoms with Gasteiger partial charge in [0.05, 0.1) is 6.04 Å². The van der Waals surface area contributed by atoms with Crippen LogP contribution >= 0.6 is 12.6 Å². The number of thiol groups is 1. The summed E-state index contributed by atoms with van der Waals surface area (Å²) in [5, 5.41) is 0. The Balaban J connectivity index is 2.59. The van der Waals surface area contributed by atoms with Gasteiger partial charge in [-0.2, -0.15) is 12.6 Å². The number of rotatable bonds is 3. The van der Waals surface area contributed by atoms with E-state index in [1.165, 1.54) is 0 Å². The van der Waals surface area contributed by atoms with Crippen LogP contribution in [0.25, 0.3) is 0 Å². The lowest BCUT2D eigenvalue weighted by Gasteiger charge is -2.23. The number of hydrogen-bond donors (Lipinski definition) is 1. The van der Waals surface area contributed by atoms with E-state index >= 15 is 0 Å². The molecule has 1 heterocycles. The number of aldehydes is 1. The Morgan fingerprint density at radius 2 is 2.46 bits per heavy atom. The Morgan fingerprint density at radius 1 is 1.77 bits per heavy atom. The molecule has 1 saturated heterocycles. The molecule has 0 aromatic rings. The summed E-state index contributed by atoms with van der Waals surface area (Å²) in [6.45, 7) is 2.57. The highest BCUT2D eigenvalue weighted by Crippen LogP contribution is 2.18. The Labute approximate surface area is 83.9 Å². The van der Waals surface area contributed by atoms with Crippen LogP contribution in [0.5, 0.6) is 0 Å². The third kappa shape index (κ3) is 2.24. The van der Waals surface area contributed by atoms with E-state index in [-0.39, 0.29) is 17.9 Å². The normalized spacial score (nSPS) is 24.5. The number of hydrogen-bond acceptors (Lipinski definition) is 3. The monoisotopic (exact) mass is 201 g/mol. The van der Waals surface area contributed by atoms with Gasteiger partial charge in [-0.05, 0) is 12.8 Å². The van der Waals surface area contributed by atoms with E-state index in [9.17, 15) is 9.59 Å². The first-order valence-corrected chi connectivity index (χ1v) is 5.20. The molecule has 0 radical (unpaired) electrons. The molecule has 2 atom stereocenters. The molecule has 4 heteroatoms. The van der Waals surface area contributed by atoms with Crippen molar-refractivity contribution in [3.05, 3.63) is 0 Å². The van der Waals surface area contributed by atoms with Crippen molar-refractivity contribution in [2.45, 2.75) is 25.8 Å². The van der Waals surface area contributed by atoms with E-state index in [1.807, 2.05) is 6.92 Å². The Bertz CT molecular complexity index is 208. The SMILES string of the molecule is CC(CS)C(=O)N1CCC[C@@H]1C=O. The minimum absolute atomic E-state index is 0.0598. The summed E-state index contributed by atoms with van der Waals surface area (Å²) < 4.78 is 0. The topological polar surface area (TPSA) is 37.4 Å². The third-order valence-corrected chi connectivity index (χ3v) is 2.98. The van der Waals surface area contributed by atoms with Gasteiger partial charge in [0.1, 0.15) is 6.29 Å². The summed E-state index contributed by atoms with van der Waals surface area (Å²) in [5.41, 5.74) is 0. The fourth-order valence-electron chi connectivity index (χ4n) is 1.57. The largest absolute Gasteiger partial charge is 0.333 e. The van der Waals surface area contributed by atoms with Crippen molar-refractivity contribution in [2.75, 3.05) is 12.3 Å². The van der Waals surface area contributed by atoms with Gasteiger partial charge in [0.2, 0.25) is 5.91 Å². The van der Waals surface area contributed by atoms with Crippen LogP contribution < -0.4 is 0 Å². The van der Waals surface area contributed by atoms with Gasteiger partial charge in [-0.15, -0.1) is 0 Å². The molecule has 1 fully saturated rings. The molecule has 0 saturated carbocycles. The molecule has 0 spiro atoms. The molecule has 0 aromatic heterocycles. The van der Waals surface area contributed by atoms with Crippen LogP contribution in [0, 0.1) is 5.92 Å². The minimum atomic E-state index is -0.185. The summed E-state index contributed by atoms with van der Waals surface area (Å²) in [6.07, 6.45) is 2.62. The second-order valence-electron chi connectivity index (χ2n) is 3.46. The second kappa shape index (κ2) is 4.65. The summed E-state index contributed by atoms with van der Waals surface area (Å²) in [7, 11) is 0. The summed E-state index contributed by atoms with van der Waals surface area (Å²) in [6, 6.07) is -0.185. The molecule has 1 rings (SSSR count). The molecule has 1 unspecified atom stereocenters. The molecule has 0 aliphatic carbocycles. The van der Waals surface area contributed by atoms with Gasteiger partial charge in [0, 0.05) is 18.2 Å². The fraction of sp³-hybridized carbons (Fsp3) is 0.778. The number of amides is 1. The van der Waals surface area contributed by atoms with Crippen LogP contribution in [0.15, 0.2) is 0 Å². The van der Waals surface area contributed by atoms with E-state index in [4.69, 9.17) is 0 Å². The standard InChI is InChI=1S/C9H15NO2S/c1-7(6-13)9(12)10-4-2-3-8(10)5-11/h5,7-8,13H,2-4,6H2,1H3/t7?,8-/m1/s1. The van der Waals surface area contributed by atoms with E-state index in [2.05, 4.69) is 12.6 Å². The van der Waals surface area contributed by atoms with E-state index in [1.54, 1.807) is 4.90 Å². The molecule has 3 nitrogen and oxygen atoms in total. The first kappa shape index (κ1) is 10.6. The fourth-order valence-corrected chi connectivity index (χ4v) is 1.72. The first-order chi connectivity index (χ1) is 6.20. The van der Waals surface area contributed by atoms with Crippen molar-refractivity contribution >= 4 is 24.8 Å². The Hall–Kier alpha value is -0.510. The minimum Gasteiger partial charge on any atom is -0.333 e. The van der Waals surface area contributed by atoms with Gasteiger partial charge in [0.25, 0.3) is 0 Å². The van der Waals surface area contributed by atoms with E-state index in [0.717, 1.165) is 25.7 Å². The van der Waals surface area contributed by atoms with E-state index < -0.39 is 0 Å². The molecule has 13 heavy (non-hydrogen) atoms. The smallest absolute Gasteiger partial charge is 0.226 e. The third-order valence-electron chi connectivity index (χ3n) is 2.43. The van der Waals surface area contributed by atoms with Crippen LogP contribution in [-0.2, 0) is 9.59 Å². The molecule has 74 valence electrons. The van der Waals surface area contributed by atoms with Crippen LogP contribution in [-0.4, -0.2) is 35.4 Å². The van der Waals surface area contributed by atoms with Gasteiger partial charge in [0.15, 0.2) is 0 Å². The molecule has 0 N–H and O–H groups in total. The predicted octanol–water partition coefficient (Wildman–Crippen LogP) is 0.742. The Morgan fingerprint density at radius 3 is 3.00 bits per heavy atom. The molecule has 1 aliphatic rings. The van der Waals surface area contributed by atoms with Gasteiger partial charge < -0.3 is 9.69 Å². The van der Waals surface area contributed by atoms with Gasteiger partial charge in [-0.1, -0.05) is 6.92 Å². The zero-order valence-electron chi connectivity index (χ0n) is 7.77. The van der Waals surface area contributed by atoms with Crippen molar-refractivity contribution < 1.29 is 9.59 Å². The number of carbonyl (C=O) groups is 2. The molecule has 1 aliphatic heterocycles. The van der Waals surface area contributed by atoms with Crippen LogP contribution in [0.2, 0.25) is 0 Å². The lowest BCUT2D eigenvalue weighted by molar-refractivity contribution is -0.137. The maximum Gasteiger partial charge on any atom is 0.226 e. The van der Waals surface area contributed by atoms with Gasteiger partial charge in [-0.3, -0.25) is 4.79 Å². The molecular weight excluding hydrogens is 186 g/mol. The average Bonchev–Trinajstić information content (AvgIpc) is 2.62. The molecule has 0 bridgehead atoms. The molecular formula is C9H15NO2S. The average molecular weight is 201 g/mol. The summed E-state index contributed by atoms with van der Waals surface area (Å²) in [5.74, 6) is 0.523. The number of carbonyl (C=O) groups excluding carboxylic acids is 2. The van der Waals surface area contributed by atoms with Gasteiger partial charge in [-0.25, -0.2) is 0 Å². The zero-order chi connectivity index (χ0) is 9.84. The first-order valence-electron chi connectivity index (χ1n) is 4.57. The van der Waals surface area contributed by atoms with Crippen LogP contribution in [0.4, 0.5) is 0 Å². The quantitative estimate of drug-likeness (QED) is 0.540. The van der Waals surface area contributed by atoms with Crippen molar-refractivity contribution in [3.63, 3.8) is 0 Å². The molecule has 0 aromatic carbocycles. The van der Waals surface area contributed by atoms with Crippen molar-refractivity contribution in [1.29, 1.82) is 0 Å². The van der Waals surface area contributed by atoms with Crippen molar-refractivity contribution in [3.8, 4) is 0 Å². The van der Waals surface area contributed by atoms with Crippen molar-refractivity contribution in [1.82, 2.24) is 4.90 Å². The lowest BCUT2D eigenvalue weighted by Crippen LogP contribution is -2.40. The van der Waals surface area contributed by atoms with Gasteiger partial charge >= 0.3 is 0 Å². The number of likely N-dealkylation sites (tertiary alicyclic amines) is 1. The lowest BCUT2D eigenvalue weighted by atomic mass is 10.1. The highest BCUT2D eigenvalue weighted by Gasteiger charge is 2.30. The maximum atomic E-state index is 11.7. The van der Waals surface area contributed by atoms with Crippen molar-refractivity contribution in [2.24, 2.45) is 5.92 Å². The maximum absolute atomic E-state index is 11.7. The second-order valence-corrected chi connectivity index (χ2v) is 3.83. The van der Waals surface area contributed by atoms with Crippen LogP contribution in [0.1, 0.15) is 19.8 Å². The number of nitrogens with zero attached hydrogens (tertiary/aromatic N) is 1. The predicted molar refractivity (Wildman–Crippen MR) is 53.8 cm³/mol. The highest BCUT2D eigenvalue weighted by atomic mass is 32.1. The van der Waals surface area contributed by atoms with Crippen LogP contribution in [0.3, 0.4) is 0 Å². The summed E-state index contributed by atoms with van der Waals surface area (Å²) >= 11 is 4.07. The van der Waals surface area contributed by atoms with E-state index in [0.29, 0.717) is 5.75 Å².